The Labute approximate surface area is 209 Å². The highest BCUT2D eigenvalue weighted by atomic mass is 35.5. The average Bonchev–Trinajstić information content (AvgIpc) is 3.35. The standard InChI is InChI=1S/C24H15Cl2FN8/c25-20-7-15(3-4-22(20)27)32-23-14(9-28)10-31-24-19(23)6-16(8-21(24)26)30-11-17-13-35(34-33-17)18-2-1-5-29-12-18/h1-8,10,12-13,30H,11H2,(H,31,32). The number of benzene rings is 2. The summed E-state index contributed by atoms with van der Waals surface area (Å²) in [5.41, 5.74) is 3.99. The van der Waals surface area contributed by atoms with E-state index in [1.807, 2.05) is 18.2 Å². The van der Waals surface area contributed by atoms with Gasteiger partial charge in [-0.15, -0.1) is 5.10 Å². The summed E-state index contributed by atoms with van der Waals surface area (Å²) in [5.74, 6) is -0.535. The Morgan fingerprint density at radius 1 is 1.06 bits per heavy atom. The van der Waals surface area contributed by atoms with E-state index in [2.05, 4.69) is 37.0 Å². The molecule has 8 nitrogen and oxygen atoms in total. The molecule has 5 aromatic rings. The van der Waals surface area contributed by atoms with Crippen molar-refractivity contribution in [3.05, 3.63) is 94.4 Å². The van der Waals surface area contributed by atoms with Gasteiger partial charge in [-0.1, -0.05) is 28.4 Å². The largest absolute Gasteiger partial charge is 0.379 e. The van der Waals surface area contributed by atoms with Gasteiger partial charge in [0.15, 0.2) is 0 Å². The number of pyridine rings is 2. The van der Waals surface area contributed by atoms with Crippen LogP contribution in [0.1, 0.15) is 11.3 Å². The molecule has 0 saturated carbocycles. The van der Waals surface area contributed by atoms with Crippen molar-refractivity contribution in [3.63, 3.8) is 0 Å². The molecule has 5 rings (SSSR count). The Morgan fingerprint density at radius 2 is 1.91 bits per heavy atom. The fourth-order valence-electron chi connectivity index (χ4n) is 3.49. The second-order valence-corrected chi connectivity index (χ2v) is 8.30. The van der Waals surface area contributed by atoms with Gasteiger partial charge in [-0.25, -0.2) is 9.07 Å². The lowest BCUT2D eigenvalue weighted by Crippen LogP contribution is -2.02. The first-order valence-electron chi connectivity index (χ1n) is 10.3. The molecule has 0 aliphatic rings. The summed E-state index contributed by atoms with van der Waals surface area (Å²) in [4.78, 5) is 8.43. The molecule has 2 N–H and O–H groups in total. The van der Waals surface area contributed by atoms with Crippen LogP contribution < -0.4 is 10.6 Å². The van der Waals surface area contributed by atoms with Crippen LogP contribution in [0.25, 0.3) is 16.6 Å². The molecule has 0 radical (unpaired) electrons. The van der Waals surface area contributed by atoms with Crippen molar-refractivity contribution in [1.82, 2.24) is 25.0 Å². The zero-order valence-electron chi connectivity index (χ0n) is 17.9. The molecule has 3 aromatic heterocycles. The number of aromatic nitrogens is 5. The van der Waals surface area contributed by atoms with Crippen LogP contribution in [-0.2, 0) is 6.54 Å². The summed E-state index contributed by atoms with van der Waals surface area (Å²) in [6.45, 7) is 0.379. The maximum Gasteiger partial charge on any atom is 0.141 e. The number of hydrogen-bond donors (Lipinski definition) is 2. The third kappa shape index (κ3) is 4.71. The molecule has 0 spiro atoms. The molecule has 0 fully saturated rings. The van der Waals surface area contributed by atoms with Gasteiger partial charge in [0.2, 0.25) is 0 Å². The molecule has 172 valence electrons. The minimum atomic E-state index is -0.535. The Hall–Kier alpha value is -4.26. The Bertz CT molecular complexity index is 1580. The summed E-state index contributed by atoms with van der Waals surface area (Å²) < 4.78 is 15.2. The summed E-state index contributed by atoms with van der Waals surface area (Å²) in [7, 11) is 0. The van der Waals surface area contributed by atoms with Gasteiger partial charge in [0.05, 0.1) is 51.4 Å². The minimum absolute atomic E-state index is 0.0356. The Kier molecular flexibility index (Phi) is 6.14. The van der Waals surface area contributed by atoms with E-state index in [1.165, 1.54) is 24.4 Å². The molecular formula is C24H15Cl2FN8. The van der Waals surface area contributed by atoms with E-state index in [0.717, 1.165) is 5.69 Å². The highest BCUT2D eigenvalue weighted by Gasteiger charge is 2.14. The van der Waals surface area contributed by atoms with Crippen LogP contribution in [0.5, 0.6) is 0 Å². The highest BCUT2D eigenvalue weighted by molar-refractivity contribution is 6.36. The van der Waals surface area contributed by atoms with E-state index in [0.29, 0.717) is 50.8 Å². The first-order chi connectivity index (χ1) is 17.0. The molecule has 0 amide bonds. The molecule has 0 bridgehead atoms. The molecular weight excluding hydrogens is 490 g/mol. The molecule has 0 saturated heterocycles. The van der Waals surface area contributed by atoms with E-state index in [4.69, 9.17) is 23.2 Å². The van der Waals surface area contributed by atoms with Crippen LogP contribution >= 0.6 is 23.2 Å². The lowest BCUT2D eigenvalue weighted by Gasteiger charge is -2.14. The number of anilines is 3. The summed E-state index contributed by atoms with van der Waals surface area (Å²) in [5, 5.41) is 25.4. The molecule has 0 aliphatic heterocycles. The van der Waals surface area contributed by atoms with Crippen molar-refractivity contribution in [2.24, 2.45) is 0 Å². The van der Waals surface area contributed by atoms with Gasteiger partial charge < -0.3 is 10.6 Å². The first-order valence-corrected chi connectivity index (χ1v) is 11.1. The maximum absolute atomic E-state index is 13.6. The van der Waals surface area contributed by atoms with Gasteiger partial charge in [0.1, 0.15) is 17.6 Å². The van der Waals surface area contributed by atoms with Crippen LogP contribution in [0.4, 0.5) is 21.5 Å². The molecule has 2 aromatic carbocycles. The van der Waals surface area contributed by atoms with Crippen molar-refractivity contribution in [2.45, 2.75) is 6.54 Å². The van der Waals surface area contributed by atoms with Crippen LogP contribution in [0.2, 0.25) is 10.0 Å². The van der Waals surface area contributed by atoms with Gasteiger partial charge >= 0.3 is 0 Å². The van der Waals surface area contributed by atoms with Crippen molar-refractivity contribution in [3.8, 4) is 11.8 Å². The van der Waals surface area contributed by atoms with E-state index < -0.39 is 5.82 Å². The van der Waals surface area contributed by atoms with E-state index in [1.54, 1.807) is 29.3 Å². The molecule has 11 heteroatoms. The smallest absolute Gasteiger partial charge is 0.141 e. The predicted molar refractivity (Wildman–Crippen MR) is 133 cm³/mol. The third-order valence-electron chi connectivity index (χ3n) is 5.16. The SMILES string of the molecule is N#Cc1cnc2c(Cl)cc(NCc3cn(-c4cccnc4)nn3)cc2c1Nc1ccc(F)c(Cl)c1. The van der Waals surface area contributed by atoms with Crippen LogP contribution in [0.15, 0.2) is 67.3 Å². The van der Waals surface area contributed by atoms with Gasteiger partial charge in [-0.3, -0.25) is 9.97 Å². The number of halogens is 3. The number of hydrogen-bond acceptors (Lipinski definition) is 7. The van der Waals surface area contributed by atoms with E-state index >= 15 is 0 Å². The summed E-state index contributed by atoms with van der Waals surface area (Å²) in [6, 6.07) is 13.6. The number of fused-ring (bicyclic) bond motifs is 1. The third-order valence-corrected chi connectivity index (χ3v) is 5.74. The number of rotatable bonds is 6. The van der Waals surface area contributed by atoms with Crippen molar-refractivity contribution in [1.29, 1.82) is 5.26 Å². The fourth-order valence-corrected chi connectivity index (χ4v) is 3.94. The number of nitrogens with one attached hydrogen (secondary N) is 2. The molecule has 35 heavy (non-hydrogen) atoms. The Morgan fingerprint density at radius 3 is 2.69 bits per heavy atom. The Balaban J connectivity index is 1.46. The van der Waals surface area contributed by atoms with Gasteiger partial charge in [0.25, 0.3) is 0 Å². The zero-order chi connectivity index (χ0) is 24.4. The lowest BCUT2D eigenvalue weighted by atomic mass is 10.1. The molecule has 0 aliphatic carbocycles. The van der Waals surface area contributed by atoms with Crippen LogP contribution in [0, 0.1) is 17.1 Å². The van der Waals surface area contributed by atoms with E-state index in [-0.39, 0.29) is 5.02 Å². The number of nitriles is 1. The van der Waals surface area contributed by atoms with Crippen LogP contribution in [-0.4, -0.2) is 25.0 Å². The maximum atomic E-state index is 13.6. The number of nitrogens with zero attached hydrogens (tertiary/aromatic N) is 6. The highest BCUT2D eigenvalue weighted by Crippen LogP contribution is 2.35. The quantitative estimate of drug-likeness (QED) is 0.297. The first kappa shape index (κ1) is 22.5. The monoisotopic (exact) mass is 504 g/mol. The van der Waals surface area contributed by atoms with Crippen molar-refractivity contribution < 1.29 is 4.39 Å². The van der Waals surface area contributed by atoms with Crippen molar-refractivity contribution >= 4 is 51.2 Å². The summed E-state index contributed by atoms with van der Waals surface area (Å²) >= 11 is 12.4. The van der Waals surface area contributed by atoms with Gasteiger partial charge in [0, 0.05) is 29.2 Å². The average molecular weight is 505 g/mol. The van der Waals surface area contributed by atoms with E-state index in [9.17, 15) is 9.65 Å². The fraction of sp³-hybridized carbons (Fsp3) is 0.0417. The minimum Gasteiger partial charge on any atom is -0.379 e. The van der Waals surface area contributed by atoms with Gasteiger partial charge in [-0.05, 0) is 42.5 Å². The second kappa shape index (κ2) is 9.54. The molecule has 0 unspecified atom stereocenters. The zero-order valence-corrected chi connectivity index (χ0v) is 19.4. The predicted octanol–water partition coefficient (Wildman–Crippen LogP) is 5.88. The normalized spacial score (nSPS) is 10.8. The topological polar surface area (TPSA) is 104 Å². The van der Waals surface area contributed by atoms with Gasteiger partial charge in [-0.2, -0.15) is 5.26 Å². The lowest BCUT2D eigenvalue weighted by molar-refractivity contribution is 0.628. The second-order valence-electron chi connectivity index (χ2n) is 7.49. The van der Waals surface area contributed by atoms with Crippen molar-refractivity contribution in [2.75, 3.05) is 10.6 Å². The van der Waals surface area contributed by atoms with Crippen LogP contribution in [0.3, 0.4) is 0 Å². The molecule has 0 atom stereocenters. The molecule has 3 heterocycles. The summed E-state index contributed by atoms with van der Waals surface area (Å²) in [6.07, 6.45) is 6.61.